The summed E-state index contributed by atoms with van der Waals surface area (Å²) in [6.45, 7) is 23.5. The summed E-state index contributed by atoms with van der Waals surface area (Å²) >= 11 is 0. The van der Waals surface area contributed by atoms with Gasteiger partial charge in [0.25, 0.3) is 0 Å². The number of fused-ring (bicyclic) bond motifs is 5. The fourth-order valence-corrected chi connectivity index (χ4v) is 12.5. The molecule has 0 radical (unpaired) electrons. The monoisotopic (exact) mass is 636 g/mol. The summed E-state index contributed by atoms with van der Waals surface area (Å²) in [5, 5.41) is 3.63. The summed E-state index contributed by atoms with van der Waals surface area (Å²) in [6.07, 6.45) is 19.7. The van der Waals surface area contributed by atoms with Gasteiger partial charge in [0, 0.05) is 12.2 Å². The van der Waals surface area contributed by atoms with Crippen molar-refractivity contribution in [3.63, 3.8) is 0 Å². The van der Waals surface area contributed by atoms with Crippen LogP contribution >= 0.6 is 0 Å². The van der Waals surface area contributed by atoms with Gasteiger partial charge in [0.05, 0.1) is 0 Å². The molecule has 0 amide bonds. The maximum atomic E-state index is 4.44. The molecule has 0 aromatic heterocycles. The molecule has 9 atom stereocenters. The molecule has 0 aliphatic heterocycles. The van der Waals surface area contributed by atoms with Gasteiger partial charge in [0.15, 0.2) is 0 Å². The molecule has 4 aliphatic rings. The molecule has 4 saturated carbocycles. The molecule has 6 rings (SSSR count). The second kappa shape index (κ2) is 14.1. The van der Waals surface area contributed by atoms with Gasteiger partial charge >= 0.3 is 0 Å². The van der Waals surface area contributed by atoms with Crippen LogP contribution in [-0.4, -0.2) is 6.54 Å². The Bertz CT molecular complexity index is 1370. The molecule has 0 heterocycles. The minimum absolute atomic E-state index is 0.483. The van der Waals surface area contributed by atoms with Gasteiger partial charge in [-0.3, -0.25) is 0 Å². The van der Waals surface area contributed by atoms with E-state index in [1.807, 2.05) is 0 Å². The van der Waals surface area contributed by atoms with Crippen LogP contribution in [0.25, 0.3) is 5.70 Å². The van der Waals surface area contributed by atoms with Crippen molar-refractivity contribution in [1.82, 2.24) is 5.32 Å². The van der Waals surface area contributed by atoms with Crippen molar-refractivity contribution in [3.05, 3.63) is 77.4 Å². The zero-order valence-electron chi connectivity index (χ0n) is 31.5. The van der Waals surface area contributed by atoms with Gasteiger partial charge in [-0.15, -0.1) is 0 Å². The van der Waals surface area contributed by atoms with E-state index in [9.17, 15) is 0 Å². The van der Waals surface area contributed by atoms with Gasteiger partial charge in [0.1, 0.15) is 0 Å². The molecule has 2 aromatic carbocycles. The number of nitrogens with one attached hydrogen (secondary N) is 1. The molecule has 4 aliphatic carbocycles. The molecular formula is C46H69N. The Labute approximate surface area is 290 Å². The second-order valence-electron chi connectivity index (χ2n) is 18.5. The normalized spacial score (nSPS) is 36.9. The van der Waals surface area contributed by atoms with E-state index in [0.717, 1.165) is 60.1 Å². The highest BCUT2D eigenvalue weighted by Crippen LogP contribution is 2.71. The van der Waals surface area contributed by atoms with Crippen LogP contribution < -0.4 is 5.32 Å². The Morgan fingerprint density at radius 3 is 2.30 bits per heavy atom. The number of aryl methyl sites for hydroxylation is 2. The van der Waals surface area contributed by atoms with Crippen LogP contribution in [0.15, 0.2) is 55.1 Å². The zero-order valence-corrected chi connectivity index (χ0v) is 31.5. The van der Waals surface area contributed by atoms with E-state index < -0.39 is 0 Å². The summed E-state index contributed by atoms with van der Waals surface area (Å²) in [5.74, 6) is 6.27. The zero-order chi connectivity index (χ0) is 33.4. The average molecular weight is 636 g/mol. The molecule has 9 unspecified atom stereocenters. The molecule has 0 spiro atoms. The molecule has 258 valence electrons. The maximum absolute atomic E-state index is 4.44. The lowest BCUT2D eigenvalue weighted by Crippen LogP contribution is -2.61. The first-order valence-electron chi connectivity index (χ1n) is 20.0. The molecule has 1 N–H and O–H groups in total. The first-order valence-corrected chi connectivity index (χ1v) is 20.0. The third-order valence-corrected chi connectivity index (χ3v) is 15.6. The van der Waals surface area contributed by atoms with Crippen molar-refractivity contribution >= 4 is 5.70 Å². The summed E-state index contributed by atoms with van der Waals surface area (Å²) < 4.78 is 0. The number of hydrogen-bond donors (Lipinski definition) is 1. The quantitative estimate of drug-likeness (QED) is 0.304. The Balaban J connectivity index is 1.15. The van der Waals surface area contributed by atoms with Crippen molar-refractivity contribution in [2.75, 3.05) is 6.54 Å². The lowest BCUT2D eigenvalue weighted by Gasteiger charge is -2.68. The number of hydrogen-bond acceptors (Lipinski definition) is 1. The first kappa shape index (κ1) is 34.8. The van der Waals surface area contributed by atoms with Gasteiger partial charge in [-0.25, -0.2) is 0 Å². The molecule has 1 heteroatoms. The second-order valence-corrected chi connectivity index (χ2v) is 18.5. The smallest absolute Gasteiger partial charge is 0.0340 e. The Kier molecular flexibility index (Phi) is 10.4. The van der Waals surface area contributed by atoms with E-state index in [1.165, 1.54) is 106 Å². The molecule has 0 bridgehead atoms. The molecule has 1 nitrogen and oxygen atoms in total. The fraction of sp³-hybridized carbons (Fsp3) is 0.696. The molecule has 2 aromatic rings. The summed E-state index contributed by atoms with van der Waals surface area (Å²) in [7, 11) is 0. The highest BCUT2D eigenvalue weighted by atomic mass is 14.9. The minimum Gasteiger partial charge on any atom is -0.385 e. The van der Waals surface area contributed by atoms with E-state index in [2.05, 4.69) is 109 Å². The third-order valence-electron chi connectivity index (χ3n) is 15.6. The Hall–Kier alpha value is -2.02. The van der Waals surface area contributed by atoms with Crippen molar-refractivity contribution in [3.8, 4) is 0 Å². The van der Waals surface area contributed by atoms with Crippen molar-refractivity contribution in [1.29, 1.82) is 0 Å². The van der Waals surface area contributed by atoms with Crippen LogP contribution in [0.4, 0.5) is 0 Å². The van der Waals surface area contributed by atoms with E-state index >= 15 is 0 Å². The fourth-order valence-electron chi connectivity index (χ4n) is 12.5. The predicted molar refractivity (Wildman–Crippen MR) is 203 cm³/mol. The van der Waals surface area contributed by atoms with Crippen molar-refractivity contribution in [2.45, 2.75) is 138 Å². The molecule has 47 heavy (non-hydrogen) atoms. The van der Waals surface area contributed by atoms with Crippen LogP contribution in [0.3, 0.4) is 0 Å². The third kappa shape index (κ3) is 7.03. The van der Waals surface area contributed by atoms with Gasteiger partial charge in [-0.1, -0.05) is 122 Å². The summed E-state index contributed by atoms with van der Waals surface area (Å²) in [5.41, 5.74) is 8.09. The summed E-state index contributed by atoms with van der Waals surface area (Å²) in [4.78, 5) is 0. The summed E-state index contributed by atoms with van der Waals surface area (Å²) in [6, 6.07) is 18.2. The maximum Gasteiger partial charge on any atom is 0.0340 e. The van der Waals surface area contributed by atoms with E-state index in [1.54, 1.807) is 0 Å². The SMILES string of the molecule is C=C(NCCc1cccc(C)c1)c1cccc(CCC2CCCC(C)CCC3C2CCC2C3(C)CCC3C(C)(C)C(C)CCC32C)c1. The number of benzene rings is 2. The van der Waals surface area contributed by atoms with Gasteiger partial charge in [-0.2, -0.15) is 0 Å². The van der Waals surface area contributed by atoms with Crippen LogP contribution in [0.5, 0.6) is 0 Å². The Morgan fingerprint density at radius 1 is 0.766 bits per heavy atom. The van der Waals surface area contributed by atoms with E-state index in [0.29, 0.717) is 16.2 Å². The standard InChI is InChI=1S/C46H69N/c1-32-12-10-16-38(20-19-36-15-11-17-39(31-36)35(4)47-29-26-37-14-9-13-33(2)30-37)40-21-23-43-45(7,41(40)22-18-32)28-25-42-44(5,6)34(3)24-27-46(42,43)8/h9,11,13-15,17,30-32,34,38,40-43,47H,4,10,12,16,18-29H2,1-3,5-8H3. The lowest BCUT2D eigenvalue weighted by atomic mass is 9.37. The topological polar surface area (TPSA) is 12.0 Å². The van der Waals surface area contributed by atoms with Crippen LogP contribution in [0.2, 0.25) is 0 Å². The van der Waals surface area contributed by atoms with Crippen molar-refractivity contribution in [2.24, 2.45) is 57.7 Å². The number of rotatable bonds is 8. The van der Waals surface area contributed by atoms with E-state index in [-0.39, 0.29) is 0 Å². The Morgan fingerprint density at radius 2 is 1.51 bits per heavy atom. The highest BCUT2D eigenvalue weighted by Gasteiger charge is 2.63. The van der Waals surface area contributed by atoms with Crippen LogP contribution in [0.1, 0.15) is 141 Å². The van der Waals surface area contributed by atoms with E-state index in [4.69, 9.17) is 0 Å². The van der Waals surface area contributed by atoms with Gasteiger partial charge in [-0.05, 0) is 152 Å². The largest absolute Gasteiger partial charge is 0.385 e. The van der Waals surface area contributed by atoms with Gasteiger partial charge < -0.3 is 5.32 Å². The predicted octanol–water partition coefficient (Wildman–Crippen LogP) is 12.5. The minimum atomic E-state index is 0.483. The van der Waals surface area contributed by atoms with Gasteiger partial charge in [0.2, 0.25) is 0 Å². The molecule has 0 saturated heterocycles. The molecular weight excluding hydrogens is 567 g/mol. The first-order chi connectivity index (χ1) is 22.4. The average Bonchev–Trinajstić information content (AvgIpc) is 3.11. The lowest BCUT2D eigenvalue weighted by molar-refractivity contribution is -0.192. The van der Waals surface area contributed by atoms with Crippen molar-refractivity contribution < 1.29 is 0 Å². The van der Waals surface area contributed by atoms with Crippen LogP contribution in [0, 0.1) is 64.6 Å². The van der Waals surface area contributed by atoms with Crippen LogP contribution in [-0.2, 0) is 12.8 Å². The highest BCUT2D eigenvalue weighted by molar-refractivity contribution is 5.62. The molecule has 4 fully saturated rings.